The standard InChI is InChI=1S/C12H10Br2ClN3/c1-2-16-12-9(14)6-17-11(18-12)8-4-3-7(13)5-10(8)15/h3-6H,2H2,1H3,(H,16,17,18). The predicted octanol–water partition coefficient (Wildman–Crippen LogP) is 4.75. The highest BCUT2D eigenvalue weighted by atomic mass is 79.9. The molecule has 0 spiro atoms. The zero-order valence-corrected chi connectivity index (χ0v) is 13.5. The van der Waals surface area contributed by atoms with Gasteiger partial charge in [-0.05, 0) is 41.1 Å². The normalized spacial score (nSPS) is 10.4. The van der Waals surface area contributed by atoms with Crippen molar-refractivity contribution in [2.75, 3.05) is 11.9 Å². The molecule has 0 saturated carbocycles. The van der Waals surface area contributed by atoms with Crippen LogP contribution in [0.25, 0.3) is 11.4 Å². The first-order valence-corrected chi connectivity index (χ1v) is 7.30. The number of anilines is 1. The zero-order valence-electron chi connectivity index (χ0n) is 9.54. The summed E-state index contributed by atoms with van der Waals surface area (Å²) in [6, 6.07) is 5.64. The van der Waals surface area contributed by atoms with Crippen molar-refractivity contribution in [1.29, 1.82) is 0 Å². The summed E-state index contributed by atoms with van der Waals surface area (Å²) in [5.41, 5.74) is 0.812. The van der Waals surface area contributed by atoms with Crippen LogP contribution in [0.15, 0.2) is 33.3 Å². The SMILES string of the molecule is CCNc1nc(-c2ccc(Br)cc2Cl)ncc1Br. The minimum Gasteiger partial charge on any atom is -0.369 e. The monoisotopic (exact) mass is 389 g/mol. The van der Waals surface area contributed by atoms with Gasteiger partial charge in [0.25, 0.3) is 0 Å². The molecule has 2 rings (SSSR count). The first-order valence-electron chi connectivity index (χ1n) is 5.33. The Hall–Kier alpha value is -0.650. The first-order chi connectivity index (χ1) is 8.61. The van der Waals surface area contributed by atoms with Crippen LogP contribution in [0, 0.1) is 0 Å². The van der Waals surface area contributed by atoms with Gasteiger partial charge in [0.2, 0.25) is 0 Å². The summed E-state index contributed by atoms with van der Waals surface area (Å²) in [4.78, 5) is 8.74. The average molecular weight is 391 g/mol. The first kappa shape index (κ1) is 13.8. The molecule has 18 heavy (non-hydrogen) atoms. The third-order valence-electron chi connectivity index (χ3n) is 2.26. The molecule has 0 aliphatic rings. The number of rotatable bonds is 3. The number of halogens is 3. The van der Waals surface area contributed by atoms with E-state index in [1.165, 1.54) is 0 Å². The number of hydrogen-bond acceptors (Lipinski definition) is 3. The Morgan fingerprint density at radius 2 is 2.11 bits per heavy atom. The lowest BCUT2D eigenvalue weighted by atomic mass is 10.2. The van der Waals surface area contributed by atoms with E-state index in [9.17, 15) is 0 Å². The van der Waals surface area contributed by atoms with Crippen molar-refractivity contribution in [3.8, 4) is 11.4 Å². The average Bonchev–Trinajstić information content (AvgIpc) is 2.33. The van der Waals surface area contributed by atoms with E-state index < -0.39 is 0 Å². The van der Waals surface area contributed by atoms with E-state index in [0.29, 0.717) is 10.8 Å². The summed E-state index contributed by atoms with van der Waals surface area (Å²) in [5, 5.41) is 3.79. The number of hydrogen-bond donors (Lipinski definition) is 1. The number of nitrogens with one attached hydrogen (secondary N) is 1. The van der Waals surface area contributed by atoms with Crippen LogP contribution in [-0.4, -0.2) is 16.5 Å². The van der Waals surface area contributed by atoms with Crippen LogP contribution in [0.1, 0.15) is 6.92 Å². The van der Waals surface area contributed by atoms with Crippen LogP contribution in [-0.2, 0) is 0 Å². The molecule has 0 amide bonds. The Labute approximate surface area is 127 Å². The number of benzene rings is 1. The van der Waals surface area contributed by atoms with E-state index in [0.717, 1.165) is 26.9 Å². The molecule has 0 radical (unpaired) electrons. The second kappa shape index (κ2) is 5.99. The van der Waals surface area contributed by atoms with Crippen molar-refractivity contribution in [3.05, 3.63) is 38.4 Å². The Morgan fingerprint density at radius 1 is 1.33 bits per heavy atom. The summed E-state index contributed by atoms with van der Waals surface area (Å²) in [6.45, 7) is 2.81. The highest BCUT2D eigenvalue weighted by Crippen LogP contribution is 2.30. The van der Waals surface area contributed by atoms with Gasteiger partial charge in [-0.1, -0.05) is 27.5 Å². The van der Waals surface area contributed by atoms with E-state index in [2.05, 4.69) is 47.1 Å². The molecular formula is C12H10Br2ClN3. The molecule has 2 aromatic rings. The van der Waals surface area contributed by atoms with Crippen molar-refractivity contribution < 1.29 is 0 Å². The molecular weight excluding hydrogens is 381 g/mol. The van der Waals surface area contributed by atoms with Crippen LogP contribution < -0.4 is 5.32 Å². The summed E-state index contributed by atoms with van der Waals surface area (Å²) < 4.78 is 1.77. The molecule has 1 aromatic heterocycles. The fourth-order valence-corrected chi connectivity index (χ4v) is 2.55. The van der Waals surface area contributed by atoms with Gasteiger partial charge in [-0.15, -0.1) is 0 Å². The van der Waals surface area contributed by atoms with Gasteiger partial charge in [-0.3, -0.25) is 0 Å². The van der Waals surface area contributed by atoms with Gasteiger partial charge in [0.15, 0.2) is 5.82 Å². The largest absolute Gasteiger partial charge is 0.369 e. The molecule has 1 N–H and O–H groups in total. The van der Waals surface area contributed by atoms with Gasteiger partial charge in [-0.2, -0.15) is 0 Å². The lowest BCUT2D eigenvalue weighted by Gasteiger charge is -2.08. The van der Waals surface area contributed by atoms with E-state index in [1.54, 1.807) is 6.20 Å². The number of nitrogens with zero attached hydrogens (tertiary/aromatic N) is 2. The molecule has 94 valence electrons. The van der Waals surface area contributed by atoms with Crippen LogP contribution >= 0.6 is 43.5 Å². The highest BCUT2D eigenvalue weighted by Gasteiger charge is 2.09. The molecule has 0 unspecified atom stereocenters. The molecule has 1 heterocycles. The fraction of sp³-hybridized carbons (Fsp3) is 0.167. The Morgan fingerprint density at radius 3 is 2.78 bits per heavy atom. The zero-order chi connectivity index (χ0) is 13.1. The Kier molecular flexibility index (Phi) is 4.59. The third kappa shape index (κ3) is 3.02. The van der Waals surface area contributed by atoms with Crippen molar-refractivity contribution >= 4 is 49.3 Å². The van der Waals surface area contributed by atoms with Gasteiger partial charge in [0, 0.05) is 22.8 Å². The molecule has 1 aromatic carbocycles. The minimum atomic E-state index is 0.603. The smallest absolute Gasteiger partial charge is 0.163 e. The van der Waals surface area contributed by atoms with Crippen molar-refractivity contribution in [2.45, 2.75) is 6.92 Å². The number of aromatic nitrogens is 2. The molecule has 0 bridgehead atoms. The summed E-state index contributed by atoms with van der Waals surface area (Å²) in [5.74, 6) is 1.37. The van der Waals surface area contributed by atoms with Gasteiger partial charge in [0.05, 0.1) is 9.50 Å². The second-order valence-corrected chi connectivity index (χ2v) is 5.72. The molecule has 0 atom stereocenters. The van der Waals surface area contributed by atoms with Crippen LogP contribution in [0.2, 0.25) is 5.02 Å². The maximum absolute atomic E-state index is 6.19. The molecule has 3 nitrogen and oxygen atoms in total. The van der Waals surface area contributed by atoms with E-state index in [-0.39, 0.29) is 0 Å². The highest BCUT2D eigenvalue weighted by molar-refractivity contribution is 9.10. The summed E-state index contributed by atoms with van der Waals surface area (Å²) in [7, 11) is 0. The van der Waals surface area contributed by atoms with E-state index in [1.807, 2.05) is 25.1 Å². The van der Waals surface area contributed by atoms with E-state index >= 15 is 0 Å². The van der Waals surface area contributed by atoms with Crippen molar-refractivity contribution in [1.82, 2.24) is 9.97 Å². The minimum absolute atomic E-state index is 0.603. The maximum Gasteiger partial charge on any atom is 0.163 e. The second-order valence-electron chi connectivity index (χ2n) is 3.54. The van der Waals surface area contributed by atoms with Crippen molar-refractivity contribution in [2.24, 2.45) is 0 Å². The molecule has 0 saturated heterocycles. The lowest BCUT2D eigenvalue weighted by molar-refractivity contribution is 1.10. The summed E-state index contributed by atoms with van der Waals surface area (Å²) >= 11 is 13.0. The maximum atomic E-state index is 6.19. The summed E-state index contributed by atoms with van der Waals surface area (Å²) in [6.07, 6.45) is 1.72. The molecule has 0 aliphatic carbocycles. The molecule has 0 fully saturated rings. The van der Waals surface area contributed by atoms with Crippen LogP contribution in [0.5, 0.6) is 0 Å². The Bertz CT molecular complexity index is 575. The van der Waals surface area contributed by atoms with Crippen LogP contribution in [0.4, 0.5) is 5.82 Å². The lowest BCUT2D eigenvalue weighted by Crippen LogP contribution is -2.02. The van der Waals surface area contributed by atoms with Gasteiger partial charge < -0.3 is 5.32 Å². The van der Waals surface area contributed by atoms with Gasteiger partial charge >= 0.3 is 0 Å². The Balaban J connectivity index is 2.47. The fourth-order valence-electron chi connectivity index (χ4n) is 1.46. The van der Waals surface area contributed by atoms with Gasteiger partial charge in [-0.25, -0.2) is 9.97 Å². The molecule has 6 heteroatoms. The van der Waals surface area contributed by atoms with E-state index in [4.69, 9.17) is 11.6 Å². The predicted molar refractivity (Wildman–Crippen MR) is 82.0 cm³/mol. The van der Waals surface area contributed by atoms with Crippen molar-refractivity contribution in [3.63, 3.8) is 0 Å². The third-order valence-corrected chi connectivity index (χ3v) is 3.65. The quantitative estimate of drug-likeness (QED) is 0.820. The molecule has 0 aliphatic heterocycles. The van der Waals surface area contributed by atoms with Crippen LogP contribution in [0.3, 0.4) is 0 Å². The topological polar surface area (TPSA) is 37.8 Å². The van der Waals surface area contributed by atoms with Gasteiger partial charge in [0.1, 0.15) is 5.82 Å².